The van der Waals surface area contributed by atoms with Gasteiger partial charge >= 0.3 is 0 Å². The predicted octanol–water partition coefficient (Wildman–Crippen LogP) is 8.87. The summed E-state index contributed by atoms with van der Waals surface area (Å²) in [5.74, 6) is 0.903. The van der Waals surface area contributed by atoms with Crippen LogP contribution in [0.5, 0.6) is 0 Å². The molecule has 1 aromatic rings. The monoisotopic (exact) mass is 549 g/mol. The zero-order valence-electron chi connectivity index (χ0n) is 25.8. The van der Waals surface area contributed by atoms with Gasteiger partial charge < -0.3 is 4.90 Å². The van der Waals surface area contributed by atoms with Gasteiger partial charge in [0.25, 0.3) is 0 Å². The SMILES string of the molecule is C=C/C(C)=C\Cc1cnc(C2=CC(=O)C(=C)CC(/C=C\C(=C/C)N3CCC(CCC)C(=C)[C@H](C)C3)=N2)cc1C(=C)C. The van der Waals surface area contributed by atoms with E-state index in [1.807, 2.05) is 38.3 Å². The number of likely N-dealkylation sites (tertiary alicyclic amines) is 1. The first kappa shape index (κ1) is 31.7. The van der Waals surface area contributed by atoms with Crippen LogP contribution in [0.3, 0.4) is 0 Å². The van der Waals surface area contributed by atoms with E-state index >= 15 is 0 Å². The highest BCUT2D eigenvalue weighted by Crippen LogP contribution is 2.32. The third-order valence-corrected chi connectivity index (χ3v) is 8.09. The number of aromatic nitrogens is 1. The van der Waals surface area contributed by atoms with E-state index < -0.39 is 0 Å². The van der Waals surface area contributed by atoms with E-state index in [4.69, 9.17) is 9.98 Å². The lowest BCUT2D eigenvalue weighted by Gasteiger charge is -2.26. The molecule has 2 aliphatic heterocycles. The number of ketones is 1. The summed E-state index contributed by atoms with van der Waals surface area (Å²) < 4.78 is 0. The highest BCUT2D eigenvalue weighted by molar-refractivity contribution is 6.15. The summed E-state index contributed by atoms with van der Waals surface area (Å²) >= 11 is 0. The average molecular weight is 550 g/mol. The summed E-state index contributed by atoms with van der Waals surface area (Å²) in [6, 6.07) is 1.99. The Morgan fingerprint density at radius 2 is 2.00 bits per heavy atom. The molecule has 2 atom stereocenters. The normalized spacial score (nSPS) is 21.0. The quantitative estimate of drug-likeness (QED) is 0.166. The standard InChI is InChI=1S/C37H47N3O/c1-10-13-30-18-19-40(24-28(8)29(30)9)33(12-3)17-16-32-20-27(7)37(41)22-36(39-32)35-21-34(25(4)5)31(23-38-35)15-14-26(6)11-2/h11-12,14,16-17,21-23,28,30H,2,4,7,9-10,13,15,18-20,24H2,1,3,5-6,8H3/b17-16-,26-14-,33-12+/t28-,30?/m1/s1. The van der Waals surface area contributed by atoms with Gasteiger partial charge in [0.1, 0.15) is 0 Å². The third-order valence-electron chi connectivity index (χ3n) is 8.09. The van der Waals surface area contributed by atoms with Crippen LogP contribution in [-0.2, 0) is 11.2 Å². The molecule has 2 aliphatic rings. The van der Waals surface area contributed by atoms with E-state index in [0.29, 0.717) is 35.2 Å². The lowest BCUT2D eigenvalue weighted by Crippen LogP contribution is -2.26. The Morgan fingerprint density at radius 3 is 2.66 bits per heavy atom. The molecular formula is C37H47N3O. The van der Waals surface area contributed by atoms with Crippen LogP contribution in [0.2, 0.25) is 0 Å². The van der Waals surface area contributed by atoms with Crippen molar-refractivity contribution in [3.05, 3.63) is 114 Å². The highest BCUT2D eigenvalue weighted by atomic mass is 16.1. The van der Waals surface area contributed by atoms with Gasteiger partial charge in [0, 0.05) is 43.2 Å². The van der Waals surface area contributed by atoms with Crippen LogP contribution in [0, 0.1) is 11.8 Å². The van der Waals surface area contributed by atoms with E-state index in [2.05, 4.69) is 70.2 Å². The first-order valence-corrected chi connectivity index (χ1v) is 14.8. The van der Waals surface area contributed by atoms with Gasteiger partial charge in [-0.05, 0) is 86.8 Å². The van der Waals surface area contributed by atoms with Gasteiger partial charge in [0.15, 0.2) is 5.78 Å². The number of allylic oxidation sites excluding steroid dienone is 9. The molecule has 0 radical (unpaired) electrons. The molecule has 0 N–H and O–H groups in total. The van der Waals surface area contributed by atoms with Crippen LogP contribution in [-0.4, -0.2) is 34.5 Å². The van der Waals surface area contributed by atoms with Crippen molar-refractivity contribution in [2.75, 3.05) is 13.1 Å². The lowest BCUT2D eigenvalue weighted by molar-refractivity contribution is -0.111. The number of nitrogens with zero attached hydrogens (tertiary/aromatic N) is 3. The van der Waals surface area contributed by atoms with Crippen LogP contribution < -0.4 is 0 Å². The fourth-order valence-corrected chi connectivity index (χ4v) is 5.44. The Morgan fingerprint density at radius 1 is 1.24 bits per heavy atom. The van der Waals surface area contributed by atoms with Gasteiger partial charge in [0.2, 0.25) is 0 Å². The number of rotatable bonds is 10. The maximum Gasteiger partial charge on any atom is 0.183 e. The van der Waals surface area contributed by atoms with Gasteiger partial charge in [-0.25, -0.2) is 0 Å². The molecule has 41 heavy (non-hydrogen) atoms. The Labute approximate surface area is 248 Å². The van der Waals surface area contributed by atoms with Gasteiger partial charge in [-0.15, -0.1) is 0 Å². The highest BCUT2D eigenvalue weighted by Gasteiger charge is 2.25. The van der Waals surface area contributed by atoms with Crippen molar-refractivity contribution in [1.29, 1.82) is 0 Å². The summed E-state index contributed by atoms with van der Waals surface area (Å²) in [5.41, 5.74) is 9.18. The van der Waals surface area contributed by atoms with Crippen LogP contribution >= 0.6 is 0 Å². The molecule has 4 nitrogen and oxygen atoms in total. The number of hydrogen-bond acceptors (Lipinski definition) is 4. The van der Waals surface area contributed by atoms with Gasteiger partial charge in [-0.2, -0.15) is 0 Å². The van der Waals surface area contributed by atoms with Gasteiger partial charge in [-0.1, -0.05) is 81.5 Å². The van der Waals surface area contributed by atoms with Crippen LogP contribution in [0.25, 0.3) is 11.3 Å². The van der Waals surface area contributed by atoms with E-state index in [0.717, 1.165) is 59.6 Å². The fourth-order valence-electron chi connectivity index (χ4n) is 5.44. The molecular weight excluding hydrogens is 502 g/mol. The van der Waals surface area contributed by atoms with Crippen molar-refractivity contribution in [3.8, 4) is 0 Å². The minimum absolute atomic E-state index is 0.118. The second kappa shape index (κ2) is 14.7. The number of aliphatic imine (C=N–C) groups is 1. The first-order valence-electron chi connectivity index (χ1n) is 14.8. The molecule has 0 spiro atoms. The van der Waals surface area contributed by atoms with E-state index in [9.17, 15) is 4.79 Å². The zero-order chi connectivity index (χ0) is 30.1. The fraction of sp³-hybridized carbons (Fsp3) is 0.378. The van der Waals surface area contributed by atoms with Crippen molar-refractivity contribution >= 4 is 22.8 Å². The second-order valence-corrected chi connectivity index (χ2v) is 11.4. The molecule has 0 aliphatic carbocycles. The van der Waals surface area contributed by atoms with Crippen LogP contribution in [0.1, 0.15) is 77.1 Å². The Kier molecular flexibility index (Phi) is 11.4. The van der Waals surface area contributed by atoms with E-state index in [1.54, 1.807) is 6.08 Å². The minimum Gasteiger partial charge on any atom is -0.371 e. The predicted molar refractivity (Wildman–Crippen MR) is 177 cm³/mol. The van der Waals surface area contributed by atoms with Crippen molar-refractivity contribution in [3.63, 3.8) is 0 Å². The molecule has 3 heterocycles. The molecule has 3 rings (SSSR count). The molecule has 0 bridgehead atoms. The van der Waals surface area contributed by atoms with E-state index in [-0.39, 0.29) is 5.78 Å². The largest absolute Gasteiger partial charge is 0.371 e. The van der Waals surface area contributed by atoms with Crippen LogP contribution in [0.4, 0.5) is 0 Å². The van der Waals surface area contributed by atoms with Crippen molar-refractivity contribution in [2.24, 2.45) is 16.8 Å². The molecule has 216 valence electrons. The molecule has 1 fully saturated rings. The van der Waals surface area contributed by atoms with Crippen molar-refractivity contribution in [2.45, 2.75) is 66.7 Å². The first-order chi connectivity index (χ1) is 19.6. The number of carbonyl (C=O) groups is 1. The summed E-state index contributed by atoms with van der Waals surface area (Å²) in [6.07, 6.45) is 18.3. The summed E-state index contributed by atoms with van der Waals surface area (Å²) in [6.45, 7) is 29.1. The second-order valence-electron chi connectivity index (χ2n) is 11.4. The Hall–Kier alpha value is -3.79. The molecule has 1 aromatic heterocycles. The Balaban J connectivity index is 1.91. The summed E-state index contributed by atoms with van der Waals surface area (Å²) in [4.78, 5) is 25.0. The average Bonchev–Trinajstić information content (AvgIpc) is 3.19. The maximum atomic E-state index is 12.9. The molecule has 0 saturated carbocycles. The van der Waals surface area contributed by atoms with Crippen LogP contribution in [0.15, 0.2) is 102 Å². The molecule has 0 aromatic carbocycles. The van der Waals surface area contributed by atoms with Gasteiger partial charge in [-0.3, -0.25) is 14.8 Å². The lowest BCUT2D eigenvalue weighted by atomic mass is 9.86. The zero-order valence-corrected chi connectivity index (χ0v) is 25.8. The van der Waals surface area contributed by atoms with Crippen molar-refractivity contribution in [1.82, 2.24) is 9.88 Å². The van der Waals surface area contributed by atoms with Gasteiger partial charge in [0.05, 0.1) is 11.4 Å². The number of hydrogen-bond donors (Lipinski definition) is 0. The minimum atomic E-state index is -0.118. The summed E-state index contributed by atoms with van der Waals surface area (Å²) in [5, 5.41) is 0. The molecule has 4 heteroatoms. The number of carbonyl (C=O) groups excluding carboxylic acids is 1. The number of pyridine rings is 1. The summed E-state index contributed by atoms with van der Waals surface area (Å²) in [7, 11) is 0. The Bertz CT molecular complexity index is 1360. The maximum absolute atomic E-state index is 12.9. The molecule has 1 saturated heterocycles. The molecule has 0 amide bonds. The smallest absolute Gasteiger partial charge is 0.183 e. The van der Waals surface area contributed by atoms with E-state index in [1.165, 1.54) is 18.4 Å². The molecule has 1 unspecified atom stereocenters. The third kappa shape index (κ3) is 8.36. The topological polar surface area (TPSA) is 45.6 Å². The van der Waals surface area contributed by atoms with Crippen molar-refractivity contribution < 1.29 is 4.79 Å².